The van der Waals surface area contributed by atoms with E-state index in [0.29, 0.717) is 18.5 Å². The second kappa shape index (κ2) is 7.75. The van der Waals surface area contributed by atoms with Crippen LogP contribution in [0.15, 0.2) is 42.5 Å². The molecule has 0 fully saturated rings. The number of carbonyl (C=O) groups excluding carboxylic acids is 1. The number of hydrogen-bond donors (Lipinski definition) is 1. The van der Waals surface area contributed by atoms with Crippen LogP contribution >= 0.6 is 11.6 Å². The van der Waals surface area contributed by atoms with Crippen molar-refractivity contribution in [3.8, 4) is 5.75 Å². The standard InChI is InChI=1S/C16H14ClF2NO2/c17-13-9-12(18)5-6-15(13)22-10-16(21)20-8-7-11-3-1-2-4-14(11)19/h1-6,9H,7-8,10H2,(H,20,21). The summed E-state index contributed by atoms with van der Waals surface area (Å²) >= 11 is 5.78. The van der Waals surface area contributed by atoms with Gasteiger partial charge >= 0.3 is 0 Å². The third kappa shape index (κ3) is 4.70. The van der Waals surface area contributed by atoms with Gasteiger partial charge < -0.3 is 10.1 Å². The molecular formula is C16H14ClF2NO2. The van der Waals surface area contributed by atoms with Gasteiger partial charge in [0.25, 0.3) is 5.91 Å². The largest absolute Gasteiger partial charge is 0.482 e. The maximum atomic E-state index is 13.4. The molecule has 0 radical (unpaired) electrons. The fourth-order valence-corrected chi connectivity index (χ4v) is 2.05. The van der Waals surface area contributed by atoms with Crippen molar-refractivity contribution >= 4 is 17.5 Å². The molecule has 0 aliphatic heterocycles. The number of benzene rings is 2. The van der Waals surface area contributed by atoms with Crippen LogP contribution in [-0.2, 0) is 11.2 Å². The summed E-state index contributed by atoms with van der Waals surface area (Å²) in [7, 11) is 0. The molecule has 2 rings (SSSR count). The molecule has 0 aliphatic carbocycles. The van der Waals surface area contributed by atoms with E-state index in [-0.39, 0.29) is 29.1 Å². The zero-order valence-electron chi connectivity index (χ0n) is 11.6. The van der Waals surface area contributed by atoms with E-state index < -0.39 is 5.82 Å². The molecule has 3 nitrogen and oxygen atoms in total. The molecule has 1 N–H and O–H groups in total. The maximum absolute atomic E-state index is 13.4. The Labute approximate surface area is 131 Å². The van der Waals surface area contributed by atoms with Crippen LogP contribution in [0.1, 0.15) is 5.56 Å². The minimum absolute atomic E-state index is 0.0964. The Bertz CT molecular complexity index is 664. The summed E-state index contributed by atoms with van der Waals surface area (Å²) in [6, 6.07) is 10.0. The highest BCUT2D eigenvalue weighted by Gasteiger charge is 2.07. The summed E-state index contributed by atoms with van der Waals surface area (Å²) in [5.74, 6) is -0.915. The molecule has 0 heterocycles. The first kappa shape index (κ1) is 16.2. The Morgan fingerprint density at radius 2 is 1.95 bits per heavy atom. The smallest absolute Gasteiger partial charge is 0.257 e. The number of amides is 1. The third-order valence-corrected chi connectivity index (χ3v) is 3.22. The average molecular weight is 326 g/mol. The Morgan fingerprint density at radius 3 is 2.68 bits per heavy atom. The lowest BCUT2D eigenvalue weighted by Gasteiger charge is -2.09. The second-order valence-electron chi connectivity index (χ2n) is 4.55. The monoisotopic (exact) mass is 325 g/mol. The molecule has 0 atom stereocenters. The summed E-state index contributed by atoms with van der Waals surface area (Å²) in [5, 5.41) is 2.71. The molecule has 0 spiro atoms. The van der Waals surface area contributed by atoms with Gasteiger partial charge in [-0.15, -0.1) is 0 Å². The van der Waals surface area contributed by atoms with E-state index in [9.17, 15) is 13.6 Å². The van der Waals surface area contributed by atoms with Crippen LogP contribution in [0.25, 0.3) is 0 Å². The maximum Gasteiger partial charge on any atom is 0.257 e. The fraction of sp³-hybridized carbons (Fsp3) is 0.188. The van der Waals surface area contributed by atoms with E-state index in [0.717, 1.165) is 6.07 Å². The highest BCUT2D eigenvalue weighted by molar-refractivity contribution is 6.32. The summed E-state index contributed by atoms with van der Waals surface area (Å²) in [4.78, 5) is 11.6. The molecule has 2 aromatic carbocycles. The van der Waals surface area contributed by atoms with Gasteiger partial charge in [-0.25, -0.2) is 8.78 Å². The van der Waals surface area contributed by atoms with E-state index in [1.165, 1.54) is 18.2 Å². The first-order chi connectivity index (χ1) is 10.6. The normalized spacial score (nSPS) is 10.3. The number of halogens is 3. The van der Waals surface area contributed by atoms with Gasteiger partial charge in [0, 0.05) is 6.54 Å². The summed E-state index contributed by atoms with van der Waals surface area (Å²) in [6.07, 6.45) is 0.385. The van der Waals surface area contributed by atoms with Gasteiger partial charge in [-0.3, -0.25) is 4.79 Å². The first-order valence-electron chi connectivity index (χ1n) is 6.64. The minimum Gasteiger partial charge on any atom is -0.482 e. The zero-order chi connectivity index (χ0) is 15.9. The first-order valence-corrected chi connectivity index (χ1v) is 7.02. The van der Waals surface area contributed by atoms with Crippen molar-refractivity contribution in [1.82, 2.24) is 5.32 Å². The average Bonchev–Trinajstić information content (AvgIpc) is 2.48. The van der Waals surface area contributed by atoms with Crippen molar-refractivity contribution in [1.29, 1.82) is 0 Å². The molecule has 22 heavy (non-hydrogen) atoms. The van der Waals surface area contributed by atoms with E-state index in [4.69, 9.17) is 16.3 Å². The number of ether oxygens (including phenoxy) is 1. The predicted molar refractivity (Wildman–Crippen MR) is 80.0 cm³/mol. The van der Waals surface area contributed by atoms with E-state index in [2.05, 4.69) is 5.32 Å². The van der Waals surface area contributed by atoms with Crippen molar-refractivity contribution in [2.24, 2.45) is 0 Å². The Hall–Kier alpha value is -2.14. The summed E-state index contributed by atoms with van der Waals surface area (Å²) in [5.41, 5.74) is 0.533. The van der Waals surface area contributed by atoms with Gasteiger partial charge in [-0.05, 0) is 36.2 Å². The van der Waals surface area contributed by atoms with E-state index in [1.54, 1.807) is 18.2 Å². The molecule has 0 bridgehead atoms. The Morgan fingerprint density at radius 1 is 1.18 bits per heavy atom. The second-order valence-corrected chi connectivity index (χ2v) is 4.96. The number of rotatable bonds is 6. The zero-order valence-corrected chi connectivity index (χ0v) is 12.4. The van der Waals surface area contributed by atoms with Crippen molar-refractivity contribution in [3.05, 3.63) is 64.7 Å². The van der Waals surface area contributed by atoms with Gasteiger partial charge in [-0.1, -0.05) is 29.8 Å². The SMILES string of the molecule is O=C(COc1ccc(F)cc1Cl)NCCc1ccccc1F. The van der Waals surface area contributed by atoms with Crippen LogP contribution in [0.4, 0.5) is 8.78 Å². The van der Waals surface area contributed by atoms with Crippen molar-refractivity contribution < 1.29 is 18.3 Å². The summed E-state index contributed by atoms with van der Waals surface area (Å²) in [6.45, 7) is 0.0445. The van der Waals surface area contributed by atoms with Crippen LogP contribution in [0.3, 0.4) is 0 Å². The lowest BCUT2D eigenvalue weighted by Crippen LogP contribution is -2.30. The Balaban J connectivity index is 1.75. The highest BCUT2D eigenvalue weighted by Crippen LogP contribution is 2.24. The predicted octanol–water partition coefficient (Wildman–Crippen LogP) is 3.36. The van der Waals surface area contributed by atoms with Crippen molar-refractivity contribution in [2.75, 3.05) is 13.2 Å². The molecule has 0 saturated carbocycles. The third-order valence-electron chi connectivity index (χ3n) is 2.93. The molecule has 116 valence electrons. The molecule has 6 heteroatoms. The molecule has 0 aromatic heterocycles. The van der Waals surface area contributed by atoms with Gasteiger partial charge in [0.2, 0.25) is 0 Å². The highest BCUT2D eigenvalue weighted by atomic mass is 35.5. The fourth-order valence-electron chi connectivity index (χ4n) is 1.82. The number of carbonyl (C=O) groups is 1. The molecule has 0 aliphatic rings. The van der Waals surface area contributed by atoms with Crippen LogP contribution < -0.4 is 10.1 Å². The molecule has 2 aromatic rings. The molecular weight excluding hydrogens is 312 g/mol. The topological polar surface area (TPSA) is 38.3 Å². The lowest BCUT2D eigenvalue weighted by atomic mass is 10.1. The lowest BCUT2D eigenvalue weighted by molar-refractivity contribution is -0.123. The summed E-state index contributed by atoms with van der Waals surface area (Å²) < 4.78 is 31.4. The Kier molecular flexibility index (Phi) is 5.72. The molecule has 0 saturated heterocycles. The van der Waals surface area contributed by atoms with E-state index >= 15 is 0 Å². The van der Waals surface area contributed by atoms with Crippen LogP contribution in [-0.4, -0.2) is 19.1 Å². The quantitative estimate of drug-likeness (QED) is 0.884. The molecule has 0 unspecified atom stereocenters. The van der Waals surface area contributed by atoms with Gasteiger partial charge in [0.1, 0.15) is 17.4 Å². The van der Waals surface area contributed by atoms with Crippen LogP contribution in [0, 0.1) is 11.6 Å². The minimum atomic E-state index is -0.480. The van der Waals surface area contributed by atoms with Gasteiger partial charge in [0.05, 0.1) is 5.02 Å². The number of hydrogen-bond acceptors (Lipinski definition) is 2. The van der Waals surface area contributed by atoms with Gasteiger partial charge in [0.15, 0.2) is 6.61 Å². The van der Waals surface area contributed by atoms with Gasteiger partial charge in [-0.2, -0.15) is 0 Å². The van der Waals surface area contributed by atoms with Crippen LogP contribution in [0.2, 0.25) is 5.02 Å². The number of nitrogens with one attached hydrogen (secondary N) is 1. The van der Waals surface area contributed by atoms with E-state index in [1.807, 2.05) is 0 Å². The molecule has 1 amide bonds. The van der Waals surface area contributed by atoms with Crippen LogP contribution in [0.5, 0.6) is 5.75 Å². The van der Waals surface area contributed by atoms with Crippen molar-refractivity contribution in [2.45, 2.75) is 6.42 Å². The van der Waals surface area contributed by atoms with Crippen molar-refractivity contribution in [3.63, 3.8) is 0 Å².